The van der Waals surface area contributed by atoms with Crippen molar-refractivity contribution in [1.29, 1.82) is 10.5 Å². The van der Waals surface area contributed by atoms with Crippen molar-refractivity contribution < 1.29 is 33.8 Å². The van der Waals surface area contributed by atoms with E-state index in [0.717, 1.165) is 57.3 Å². The summed E-state index contributed by atoms with van der Waals surface area (Å²) in [4.78, 5) is 57.0. The average Bonchev–Trinajstić information content (AvgIpc) is 4.02. The molecule has 67 heavy (non-hydrogen) atoms. The average molecular weight is 933 g/mol. The Hall–Kier alpha value is -7.20. The van der Waals surface area contributed by atoms with Crippen LogP contribution in [0.4, 0.5) is 10.3 Å². The number of nitrogens with zero attached hydrogens (tertiary/aromatic N) is 4. The van der Waals surface area contributed by atoms with Crippen molar-refractivity contribution in [1.82, 2.24) is 9.97 Å². The largest absolute Gasteiger partial charge is 0.481 e. The van der Waals surface area contributed by atoms with E-state index in [-0.39, 0.29) is 23.4 Å². The molecule has 0 saturated heterocycles. The van der Waals surface area contributed by atoms with E-state index >= 15 is 0 Å². The molecule has 340 valence electrons. The fourth-order valence-corrected chi connectivity index (χ4v) is 11.8. The summed E-state index contributed by atoms with van der Waals surface area (Å²) in [7, 11) is 0. The molecule has 2 aromatic heterocycles. The van der Waals surface area contributed by atoms with Gasteiger partial charge in [-0.25, -0.2) is 19.6 Å². The number of nitriles is 2. The lowest BCUT2D eigenvalue weighted by Gasteiger charge is -2.54. The van der Waals surface area contributed by atoms with E-state index in [0.29, 0.717) is 42.0 Å². The van der Waals surface area contributed by atoms with Gasteiger partial charge in [-0.05, 0) is 84.0 Å². The molecule has 0 saturated carbocycles. The molecule has 6 aliphatic rings. The molecule has 4 N–H and O–H groups in total. The number of amides is 1. The van der Waals surface area contributed by atoms with Gasteiger partial charge in [-0.15, -0.1) is 22.7 Å². The predicted molar refractivity (Wildman–Crippen MR) is 254 cm³/mol. The first-order valence-electron chi connectivity index (χ1n) is 22.0. The summed E-state index contributed by atoms with van der Waals surface area (Å²) in [6.07, 6.45) is 2.23. The highest BCUT2D eigenvalue weighted by Gasteiger charge is 2.62. The number of hydrogen-bond donors (Lipinski definition) is 3. The van der Waals surface area contributed by atoms with Crippen LogP contribution in [0.2, 0.25) is 0 Å². The molecule has 2 atom stereocenters. The van der Waals surface area contributed by atoms with E-state index < -0.39 is 39.6 Å². The van der Waals surface area contributed by atoms with Crippen LogP contribution in [-0.4, -0.2) is 52.1 Å². The van der Waals surface area contributed by atoms with Crippen LogP contribution in [0.5, 0.6) is 0 Å². The van der Waals surface area contributed by atoms with Crippen LogP contribution >= 0.6 is 22.7 Å². The quantitative estimate of drug-likeness (QED) is 0.115. The number of nitrogens with one attached hydrogen (secondary N) is 1. The number of rotatable bonds is 9. The zero-order valence-electron chi connectivity index (χ0n) is 37.4. The molecular weight excluding hydrogens is 885 g/mol. The van der Waals surface area contributed by atoms with Crippen LogP contribution in [0.1, 0.15) is 131 Å². The number of esters is 2. The molecule has 0 fully saturated rings. The summed E-state index contributed by atoms with van der Waals surface area (Å²) in [5, 5.41) is 37.2. The zero-order valence-corrected chi connectivity index (χ0v) is 39.0. The second-order valence-electron chi connectivity index (χ2n) is 17.6. The van der Waals surface area contributed by atoms with E-state index in [1.807, 2.05) is 118 Å². The highest BCUT2D eigenvalue weighted by atomic mass is 32.1. The first kappa shape index (κ1) is 46.3. The van der Waals surface area contributed by atoms with Crippen molar-refractivity contribution in [2.45, 2.75) is 76.0 Å². The molecule has 0 radical (unpaired) electrons. The molecule has 4 bridgehead atoms. The Morgan fingerprint density at radius 2 is 1.06 bits per heavy atom. The van der Waals surface area contributed by atoms with Crippen molar-refractivity contribution in [3.63, 3.8) is 0 Å². The molecule has 12 rings (SSSR count). The molecule has 0 aliphatic heterocycles. The van der Waals surface area contributed by atoms with Crippen LogP contribution in [0.15, 0.2) is 108 Å². The Bertz CT molecular complexity index is 2910. The number of ether oxygens (including phenoxy) is 2. The Kier molecular flexibility index (Phi) is 12.6. The molecule has 2 unspecified atom stereocenters. The predicted octanol–water partition coefficient (Wildman–Crippen LogP) is 9.74. The third-order valence-corrected chi connectivity index (χ3v) is 14.8. The number of nitrogens with two attached hydrogens (primary N) is 1. The number of carboxylic acid groups (broad SMARTS) is 1. The maximum absolute atomic E-state index is 13.7. The number of fused-ring (bicyclic) bond motifs is 2. The second-order valence-corrected chi connectivity index (χ2v) is 19.3. The number of hydrogen-bond acceptors (Lipinski definition) is 13. The number of carboxylic acids is 1. The van der Waals surface area contributed by atoms with Gasteiger partial charge in [0.05, 0.1) is 36.2 Å². The van der Waals surface area contributed by atoms with Crippen molar-refractivity contribution in [3.05, 3.63) is 164 Å². The van der Waals surface area contributed by atoms with Gasteiger partial charge >= 0.3 is 17.9 Å². The van der Waals surface area contributed by atoms with E-state index in [4.69, 9.17) is 15.2 Å². The van der Waals surface area contributed by atoms with Crippen LogP contribution < -0.4 is 11.1 Å². The van der Waals surface area contributed by atoms with Crippen molar-refractivity contribution in [3.8, 4) is 12.1 Å². The number of anilines is 2. The standard InChI is InChI=1S/C26H23N3O3S.C19H15NO2.C7H10N2O2S/c1-3-12-32-22(30)20-13-33-24(28-20)29-23(31)25(2)14-26(15-27)18-10-6-4-8-16(18)21(25)17-9-5-7-11-19(17)26;1-18(17(21)22)10-19(11-20)14-8-4-2-6-12(14)16(18)13-7-3-5-9-15(13)19;1-2-3-11-6(10)5-4-12-7(8)9-5/h4-11,13,21H,3,12,14H2,1-2H3,(H,28,29,31);2-9,16H,10H2,1H3,(H,21,22);4H,2-3H2,1H3,(H2,8,9). The number of aliphatic carboxylic acids is 1. The third-order valence-electron chi connectivity index (χ3n) is 13.4. The molecule has 2 heterocycles. The van der Waals surface area contributed by atoms with Crippen LogP contribution in [0.3, 0.4) is 0 Å². The minimum absolute atomic E-state index is 0.184. The fraction of sp³-hybridized carbons (Fsp3) is 0.308. The van der Waals surface area contributed by atoms with Gasteiger partial charge in [-0.1, -0.05) is 111 Å². The summed E-state index contributed by atoms with van der Waals surface area (Å²) in [6.45, 7) is 8.31. The summed E-state index contributed by atoms with van der Waals surface area (Å²) in [5.41, 5.74) is 10.2. The molecular formula is C52H48N6O7S2. The normalized spacial score (nSPS) is 23.9. The van der Waals surface area contributed by atoms with Gasteiger partial charge in [0.15, 0.2) is 21.7 Å². The van der Waals surface area contributed by atoms with Gasteiger partial charge in [-0.2, -0.15) is 10.5 Å². The van der Waals surface area contributed by atoms with Crippen LogP contribution in [0, 0.1) is 33.5 Å². The first-order chi connectivity index (χ1) is 32.2. The number of carbonyl (C=O) groups excluding carboxylic acids is 3. The summed E-state index contributed by atoms with van der Waals surface area (Å²) in [5.74, 6) is -2.32. The van der Waals surface area contributed by atoms with Crippen molar-refractivity contribution in [2.75, 3.05) is 24.3 Å². The summed E-state index contributed by atoms with van der Waals surface area (Å²) >= 11 is 2.42. The van der Waals surface area contributed by atoms with Gasteiger partial charge < -0.3 is 25.6 Å². The maximum atomic E-state index is 13.7. The molecule has 13 nitrogen and oxygen atoms in total. The lowest BCUT2D eigenvalue weighted by atomic mass is 9.47. The molecule has 0 spiro atoms. The second kappa shape index (κ2) is 18.2. The monoisotopic (exact) mass is 932 g/mol. The fourth-order valence-electron chi connectivity index (χ4n) is 10.5. The minimum Gasteiger partial charge on any atom is -0.481 e. The van der Waals surface area contributed by atoms with E-state index in [9.17, 15) is 34.8 Å². The van der Waals surface area contributed by atoms with Gasteiger partial charge in [-0.3, -0.25) is 9.59 Å². The van der Waals surface area contributed by atoms with Crippen molar-refractivity contribution >= 4 is 56.8 Å². The number of nitrogen functional groups attached to an aromatic ring is 1. The van der Waals surface area contributed by atoms with Gasteiger partial charge in [0.1, 0.15) is 10.8 Å². The van der Waals surface area contributed by atoms with Crippen molar-refractivity contribution in [2.24, 2.45) is 10.8 Å². The van der Waals surface area contributed by atoms with Crippen LogP contribution in [0.25, 0.3) is 0 Å². The highest BCUT2D eigenvalue weighted by molar-refractivity contribution is 7.14. The first-order valence-corrected chi connectivity index (χ1v) is 23.7. The Morgan fingerprint density at radius 1 is 0.672 bits per heavy atom. The zero-order chi connectivity index (χ0) is 47.7. The van der Waals surface area contributed by atoms with Gasteiger partial charge in [0.2, 0.25) is 5.91 Å². The Labute approximate surface area is 396 Å². The smallest absolute Gasteiger partial charge is 0.357 e. The number of thiazole rings is 2. The third kappa shape index (κ3) is 7.72. The van der Waals surface area contributed by atoms with E-state index in [1.54, 1.807) is 17.7 Å². The summed E-state index contributed by atoms with van der Waals surface area (Å²) < 4.78 is 9.97. The number of aromatic nitrogens is 2. The van der Waals surface area contributed by atoms with Gasteiger partial charge in [0.25, 0.3) is 0 Å². The number of benzene rings is 4. The topological polar surface area (TPSA) is 218 Å². The molecule has 6 aliphatic carbocycles. The Balaban J connectivity index is 0.000000153. The van der Waals surface area contributed by atoms with E-state index in [2.05, 4.69) is 27.4 Å². The molecule has 1 amide bonds. The highest BCUT2D eigenvalue weighted by Crippen LogP contribution is 2.65. The molecule has 4 aromatic carbocycles. The lowest BCUT2D eigenvalue weighted by molar-refractivity contribution is -0.150. The SMILES string of the molecule is CC1(C(=O)O)CC2(C#N)c3ccccc3C1c1ccccc12.CCCOC(=O)c1csc(N)n1.CCCOC(=O)c1csc(NC(=O)C2(C)CC3(C#N)c4ccccc4C2c2ccccc23)n1. The summed E-state index contributed by atoms with van der Waals surface area (Å²) in [6, 6.07) is 36.5. The lowest BCUT2D eigenvalue weighted by Crippen LogP contribution is -2.53. The minimum atomic E-state index is -0.960. The molecule has 15 heteroatoms. The maximum Gasteiger partial charge on any atom is 0.357 e. The number of carbonyl (C=O) groups is 4. The van der Waals surface area contributed by atoms with E-state index in [1.165, 1.54) is 22.7 Å². The van der Waals surface area contributed by atoms with Gasteiger partial charge in [0, 0.05) is 22.6 Å². The molecule has 6 aromatic rings. The van der Waals surface area contributed by atoms with Crippen LogP contribution in [-0.2, 0) is 29.9 Å². The Morgan fingerprint density at radius 3 is 1.45 bits per heavy atom.